The maximum atomic E-state index is 5.09. The van der Waals surface area contributed by atoms with Crippen LogP contribution in [0, 0.1) is 0 Å². The molecular formula is C9H15N3OS. The van der Waals surface area contributed by atoms with E-state index in [1.165, 1.54) is 18.6 Å². The van der Waals surface area contributed by atoms with Crippen molar-refractivity contribution in [1.29, 1.82) is 0 Å². The SMILES string of the molecule is CCCNc1nc(C2CCCS2)no1. The first-order valence-electron chi connectivity index (χ1n) is 5.09. The summed E-state index contributed by atoms with van der Waals surface area (Å²) in [7, 11) is 0. The van der Waals surface area contributed by atoms with Gasteiger partial charge in [-0.25, -0.2) is 0 Å². The first kappa shape index (κ1) is 9.83. The van der Waals surface area contributed by atoms with Crippen molar-refractivity contribution in [3.63, 3.8) is 0 Å². The van der Waals surface area contributed by atoms with Crippen molar-refractivity contribution in [2.24, 2.45) is 0 Å². The Morgan fingerprint density at radius 3 is 3.29 bits per heavy atom. The molecule has 1 aliphatic rings. The minimum absolute atomic E-state index is 0.455. The van der Waals surface area contributed by atoms with Gasteiger partial charge in [-0.3, -0.25) is 0 Å². The standard InChI is InChI=1S/C9H15N3OS/c1-2-5-10-9-11-8(12-13-9)7-4-3-6-14-7/h7H,2-6H2,1H3,(H,10,11,12). The maximum Gasteiger partial charge on any atom is 0.321 e. The predicted octanol–water partition coefficient (Wildman–Crippen LogP) is 2.46. The molecule has 0 spiro atoms. The highest BCUT2D eigenvalue weighted by molar-refractivity contribution is 7.99. The molecule has 2 rings (SSSR count). The molecule has 1 aliphatic heterocycles. The molecule has 1 N–H and O–H groups in total. The number of rotatable bonds is 4. The molecule has 0 aliphatic carbocycles. The first-order chi connectivity index (χ1) is 6.90. The van der Waals surface area contributed by atoms with E-state index in [2.05, 4.69) is 22.4 Å². The summed E-state index contributed by atoms with van der Waals surface area (Å²) < 4.78 is 5.09. The van der Waals surface area contributed by atoms with Gasteiger partial charge in [-0.2, -0.15) is 16.7 Å². The van der Waals surface area contributed by atoms with Crippen molar-refractivity contribution in [3.8, 4) is 0 Å². The van der Waals surface area contributed by atoms with Crippen LogP contribution in [0.2, 0.25) is 0 Å². The Balaban J connectivity index is 1.94. The lowest BCUT2D eigenvalue weighted by Crippen LogP contribution is -2.00. The monoisotopic (exact) mass is 213 g/mol. The van der Waals surface area contributed by atoms with E-state index >= 15 is 0 Å². The van der Waals surface area contributed by atoms with Crippen LogP contribution < -0.4 is 5.32 Å². The largest absolute Gasteiger partial charge is 0.338 e. The molecule has 1 unspecified atom stereocenters. The van der Waals surface area contributed by atoms with Gasteiger partial charge in [0, 0.05) is 6.54 Å². The van der Waals surface area contributed by atoms with E-state index in [0.717, 1.165) is 18.8 Å². The molecular weight excluding hydrogens is 198 g/mol. The quantitative estimate of drug-likeness (QED) is 0.832. The van der Waals surface area contributed by atoms with Crippen molar-refractivity contribution >= 4 is 17.8 Å². The van der Waals surface area contributed by atoms with Gasteiger partial charge < -0.3 is 9.84 Å². The molecule has 2 heterocycles. The number of hydrogen-bond donors (Lipinski definition) is 1. The fourth-order valence-corrected chi connectivity index (χ4v) is 2.65. The number of thioether (sulfide) groups is 1. The first-order valence-corrected chi connectivity index (χ1v) is 6.14. The lowest BCUT2D eigenvalue weighted by atomic mass is 10.2. The summed E-state index contributed by atoms with van der Waals surface area (Å²) in [5.41, 5.74) is 0. The van der Waals surface area contributed by atoms with Crippen LogP contribution in [0.15, 0.2) is 4.52 Å². The highest BCUT2D eigenvalue weighted by Gasteiger charge is 2.22. The van der Waals surface area contributed by atoms with Crippen molar-refractivity contribution in [3.05, 3.63) is 5.82 Å². The molecule has 1 atom stereocenters. The van der Waals surface area contributed by atoms with Gasteiger partial charge in [0.25, 0.3) is 0 Å². The molecule has 5 heteroatoms. The molecule has 0 bridgehead atoms. The van der Waals surface area contributed by atoms with Crippen LogP contribution in [0.3, 0.4) is 0 Å². The molecule has 4 nitrogen and oxygen atoms in total. The number of anilines is 1. The topological polar surface area (TPSA) is 51.0 Å². The van der Waals surface area contributed by atoms with Crippen LogP contribution in [-0.2, 0) is 0 Å². The van der Waals surface area contributed by atoms with E-state index in [4.69, 9.17) is 4.52 Å². The van der Waals surface area contributed by atoms with Gasteiger partial charge >= 0.3 is 6.01 Å². The van der Waals surface area contributed by atoms with E-state index in [0.29, 0.717) is 11.3 Å². The number of nitrogens with one attached hydrogen (secondary N) is 1. The summed E-state index contributed by atoms with van der Waals surface area (Å²) in [4.78, 5) is 4.32. The molecule has 0 saturated carbocycles. The molecule has 1 saturated heterocycles. The lowest BCUT2D eigenvalue weighted by molar-refractivity contribution is 0.421. The Morgan fingerprint density at radius 1 is 1.64 bits per heavy atom. The van der Waals surface area contributed by atoms with Crippen molar-refractivity contribution in [2.75, 3.05) is 17.6 Å². The van der Waals surface area contributed by atoms with Gasteiger partial charge in [-0.05, 0) is 25.0 Å². The highest BCUT2D eigenvalue weighted by atomic mass is 32.2. The van der Waals surface area contributed by atoms with Gasteiger partial charge in [-0.15, -0.1) is 0 Å². The van der Waals surface area contributed by atoms with Crippen molar-refractivity contribution < 1.29 is 4.52 Å². The fraction of sp³-hybridized carbons (Fsp3) is 0.778. The summed E-state index contributed by atoms with van der Waals surface area (Å²) in [6.07, 6.45) is 3.51. The maximum absolute atomic E-state index is 5.09. The van der Waals surface area contributed by atoms with E-state index in [1.807, 2.05) is 11.8 Å². The van der Waals surface area contributed by atoms with Gasteiger partial charge in [0.1, 0.15) is 0 Å². The molecule has 1 aromatic heterocycles. The Hall–Kier alpha value is -0.710. The zero-order valence-corrected chi connectivity index (χ0v) is 9.14. The summed E-state index contributed by atoms with van der Waals surface area (Å²) in [5, 5.41) is 7.52. The molecule has 1 aromatic rings. The zero-order valence-electron chi connectivity index (χ0n) is 8.32. The summed E-state index contributed by atoms with van der Waals surface area (Å²) in [5.74, 6) is 2.07. The minimum atomic E-state index is 0.455. The third-order valence-electron chi connectivity index (χ3n) is 2.19. The van der Waals surface area contributed by atoms with Crippen LogP contribution in [0.25, 0.3) is 0 Å². The smallest absolute Gasteiger partial charge is 0.321 e. The van der Waals surface area contributed by atoms with Gasteiger partial charge in [-0.1, -0.05) is 12.1 Å². The van der Waals surface area contributed by atoms with Crippen LogP contribution in [0.1, 0.15) is 37.3 Å². The van der Waals surface area contributed by atoms with Gasteiger partial charge in [0.2, 0.25) is 0 Å². The molecule has 0 aromatic carbocycles. The van der Waals surface area contributed by atoms with E-state index in [1.54, 1.807) is 0 Å². The van der Waals surface area contributed by atoms with Gasteiger partial charge in [0.05, 0.1) is 5.25 Å². The third kappa shape index (κ3) is 2.20. The Kier molecular flexibility index (Phi) is 3.29. The average Bonchev–Trinajstić information content (AvgIpc) is 2.85. The van der Waals surface area contributed by atoms with E-state index in [-0.39, 0.29) is 0 Å². The number of nitrogens with zero attached hydrogens (tertiary/aromatic N) is 2. The summed E-state index contributed by atoms with van der Waals surface area (Å²) in [6, 6.07) is 0.564. The van der Waals surface area contributed by atoms with Crippen LogP contribution >= 0.6 is 11.8 Å². The minimum Gasteiger partial charge on any atom is -0.338 e. The number of aromatic nitrogens is 2. The van der Waals surface area contributed by atoms with Crippen LogP contribution in [0.5, 0.6) is 0 Å². The molecule has 14 heavy (non-hydrogen) atoms. The summed E-state index contributed by atoms with van der Waals surface area (Å²) >= 11 is 1.92. The second kappa shape index (κ2) is 4.68. The second-order valence-electron chi connectivity index (χ2n) is 3.39. The summed E-state index contributed by atoms with van der Waals surface area (Å²) in [6.45, 7) is 3.00. The number of hydrogen-bond acceptors (Lipinski definition) is 5. The molecule has 78 valence electrons. The van der Waals surface area contributed by atoms with Gasteiger partial charge in [0.15, 0.2) is 5.82 Å². The second-order valence-corrected chi connectivity index (χ2v) is 4.70. The predicted molar refractivity (Wildman–Crippen MR) is 57.5 cm³/mol. The van der Waals surface area contributed by atoms with Crippen molar-refractivity contribution in [2.45, 2.75) is 31.4 Å². The highest BCUT2D eigenvalue weighted by Crippen LogP contribution is 2.38. The third-order valence-corrected chi connectivity index (χ3v) is 3.56. The normalized spacial score (nSPS) is 21.4. The Bertz CT molecular complexity index is 283. The molecule has 0 radical (unpaired) electrons. The van der Waals surface area contributed by atoms with Crippen LogP contribution in [-0.4, -0.2) is 22.4 Å². The zero-order chi connectivity index (χ0) is 9.80. The lowest BCUT2D eigenvalue weighted by Gasteiger charge is -1.99. The Morgan fingerprint density at radius 2 is 2.57 bits per heavy atom. The van der Waals surface area contributed by atoms with Crippen molar-refractivity contribution in [1.82, 2.24) is 10.1 Å². The van der Waals surface area contributed by atoms with E-state index < -0.39 is 0 Å². The van der Waals surface area contributed by atoms with Crippen LogP contribution in [0.4, 0.5) is 6.01 Å². The fourth-order valence-electron chi connectivity index (χ4n) is 1.45. The molecule has 1 fully saturated rings. The average molecular weight is 213 g/mol. The Labute approximate surface area is 87.8 Å². The molecule has 0 amide bonds. The van der Waals surface area contributed by atoms with E-state index in [9.17, 15) is 0 Å².